The average Bonchev–Trinajstić information content (AvgIpc) is 2.77. The van der Waals surface area contributed by atoms with Crippen LogP contribution >= 0.6 is 11.6 Å². The molecule has 0 amide bonds. The normalized spacial score (nSPS) is 25.9. The molecule has 1 aliphatic rings. The summed E-state index contributed by atoms with van der Waals surface area (Å²) in [6.45, 7) is 2.37. The van der Waals surface area contributed by atoms with Crippen molar-refractivity contribution in [3.8, 4) is 5.75 Å². The third kappa shape index (κ3) is 3.80. The first kappa shape index (κ1) is 15.9. The third-order valence-corrected chi connectivity index (χ3v) is 4.41. The number of nitrogens with two attached hydrogens (primary N) is 1. The minimum atomic E-state index is -0.732. The standard InChI is InChI=1S/C15H22ClN3O2/c1-10-4-3-7-15(10,20)9-18-14(17)19-11-5-6-13(21-2)12(16)8-11/h5-6,8,10,20H,3-4,7,9H2,1-2H3,(H3,17,18,19). The molecule has 5 nitrogen and oxygen atoms in total. The number of benzene rings is 1. The zero-order valence-corrected chi connectivity index (χ0v) is 13.2. The molecular formula is C15H22ClN3O2. The van der Waals surface area contributed by atoms with Crippen LogP contribution in [-0.4, -0.2) is 30.3 Å². The summed E-state index contributed by atoms with van der Waals surface area (Å²) in [5, 5.41) is 13.9. The maximum Gasteiger partial charge on any atom is 0.193 e. The second-order valence-corrected chi connectivity index (χ2v) is 5.98. The zero-order chi connectivity index (χ0) is 15.5. The molecule has 0 spiro atoms. The first-order valence-corrected chi connectivity index (χ1v) is 7.45. The predicted molar refractivity (Wildman–Crippen MR) is 86.1 cm³/mol. The highest BCUT2D eigenvalue weighted by Crippen LogP contribution is 2.35. The summed E-state index contributed by atoms with van der Waals surface area (Å²) in [5.74, 6) is 1.13. The number of nitrogens with zero attached hydrogens (tertiary/aromatic N) is 1. The lowest BCUT2D eigenvalue weighted by Crippen LogP contribution is -2.36. The van der Waals surface area contributed by atoms with Crippen LogP contribution in [0.1, 0.15) is 26.2 Å². The van der Waals surface area contributed by atoms with Gasteiger partial charge in [-0.25, -0.2) is 0 Å². The number of halogens is 1. The van der Waals surface area contributed by atoms with Crippen LogP contribution in [0.15, 0.2) is 23.2 Å². The molecule has 1 aromatic carbocycles. The third-order valence-electron chi connectivity index (χ3n) is 4.11. The highest BCUT2D eigenvalue weighted by molar-refractivity contribution is 6.32. The van der Waals surface area contributed by atoms with Gasteiger partial charge in [0.05, 0.1) is 24.3 Å². The van der Waals surface area contributed by atoms with Crippen molar-refractivity contribution >= 4 is 23.2 Å². The lowest BCUT2D eigenvalue weighted by molar-refractivity contribution is 0.0187. The minimum Gasteiger partial charge on any atom is -0.495 e. The van der Waals surface area contributed by atoms with Crippen molar-refractivity contribution in [1.29, 1.82) is 0 Å². The molecule has 0 radical (unpaired) electrons. The average molecular weight is 312 g/mol. The minimum absolute atomic E-state index is 0.254. The summed E-state index contributed by atoms with van der Waals surface area (Å²) in [5.41, 5.74) is 5.86. The fraction of sp³-hybridized carbons (Fsp3) is 0.533. The monoisotopic (exact) mass is 311 g/mol. The first-order valence-electron chi connectivity index (χ1n) is 7.07. The highest BCUT2D eigenvalue weighted by Gasteiger charge is 2.37. The fourth-order valence-electron chi connectivity index (χ4n) is 2.62. The molecule has 2 unspecified atom stereocenters. The maximum absolute atomic E-state index is 10.5. The summed E-state index contributed by atoms with van der Waals surface area (Å²) in [6.07, 6.45) is 2.85. The van der Waals surface area contributed by atoms with E-state index in [4.69, 9.17) is 22.1 Å². The predicted octanol–water partition coefficient (Wildman–Crippen LogP) is 2.63. The number of methoxy groups -OCH3 is 1. The molecule has 1 saturated carbocycles. The van der Waals surface area contributed by atoms with Crippen molar-refractivity contribution in [3.05, 3.63) is 23.2 Å². The van der Waals surface area contributed by atoms with Gasteiger partial charge in [-0.05, 0) is 37.0 Å². The van der Waals surface area contributed by atoms with Gasteiger partial charge in [0.2, 0.25) is 0 Å². The second kappa shape index (κ2) is 6.54. The Labute approximate surface area is 130 Å². The Hall–Kier alpha value is -1.46. The number of aliphatic hydroxyl groups is 1. The van der Waals surface area contributed by atoms with Crippen LogP contribution in [0.25, 0.3) is 0 Å². The van der Waals surface area contributed by atoms with Crippen molar-refractivity contribution in [3.63, 3.8) is 0 Å². The van der Waals surface area contributed by atoms with Gasteiger partial charge in [0.25, 0.3) is 0 Å². The molecule has 2 atom stereocenters. The summed E-state index contributed by atoms with van der Waals surface area (Å²) in [7, 11) is 1.56. The van der Waals surface area contributed by atoms with Gasteiger partial charge in [0.1, 0.15) is 5.75 Å². The molecular weight excluding hydrogens is 290 g/mol. The lowest BCUT2D eigenvalue weighted by Gasteiger charge is -2.25. The van der Waals surface area contributed by atoms with Crippen LogP contribution in [0.4, 0.5) is 5.69 Å². The van der Waals surface area contributed by atoms with E-state index in [0.717, 1.165) is 24.9 Å². The van der Waals surface area contributed by atoms with E-state index in [1.807, 2.05) is 0 Å². The number of aliphatic imine (C=N–C) groups is 1. The Morgan fingerprint density at radius 2 is 2.38 bits per heavy atom. The highest BCUT2D eigenvalue weighted by atomic mass is 35.5. The van der Waals surface area contributed by atoms with Crippen molar-refractivity contribution in [1.82, 2.24) is 0 Å². The largest absolute Gasteiger partial charge is 0.495 e. The van der Waals surface area contributed by atoms with Gasteiger partial charge < -0.3 is 20.9 Å². The Kier molecular flexibility index (Phi) is 4.96. The number of hydrogen-bond acceptors (Lipinski definition) is 3. The van der Waals surface area contributed by atoms with E-state index in [0.29, 0.717) is 17.3 Å². The van der Waals surface area contributed by atoms with Gasteiger partial charge in [-0.1, -0.05) is 24.9 Å². The first-order chi connectivity index (χ1) is 9.94. The summed E-state index contributed by atoms with van der Waals surface area (Å²) < 4.78 is 5.09. The molecule has 0 saturated heterocycles. The molecule has 21 heavy (non-hydrogen) atoms. The Balaban J connectivity index is 1.99. The van der Waals surface area contributed by atoms with Crippen LogP contribution in [0.5, 0.6) is 5.75 Å². The van der Waals surface area contributed by atoms with Crippen LogP contribution in [0, 0.1) is 5.92 Å². The Morgan fingerprint density at radius 3 is 2.95 bits per heavy atom. The molecule has 0 heterocycles. The summed E-state index contributed by atoms with van der Waals surface area (Å²) >= 11 is 6.05. The van der Waals surface area contributed by atoms with Crippen LogP contribution < -0.4 is 15.8 Å². The topological polar surface area (TPSA) is 79.9 Å². The number of hydrogen-bond donors (Lipinski definition) is 3. The molecule has 116 valence electrons. The Morgan fingerprint density at radius 1 is 1.62 bits per heavy atom. The smallest absolute Gasteiger partial charge is 0.193 e. The Bertz CT molecular complexity index is 536. The number of rotatable bonds is 4. The van der Waals surface area contributed by atoms with Gasteiger partial charge in [0.15, 0.2) is 5.96 Å². The summed E-state index contributed by atoms with van der Waals surface area (Å²) in [6, 6.07) is 5.28. The van der Waals surface area contributed by atoms with Gasteiger partial charge in [-0.3, -0.25) is 4.99 Å². The molecule has 1 fully saturated rings. The van der Waals surface area contributed by atoms with Crippen molar-refractivity contribution in [2.75, 3.05) is 19.0 Å². The van der Waals surface area contributed by atoms with Gasteiger partial charge in [-0.2, -0.15) is 0 Å². The van der Waals surface area contributed by atoms with E-state index in [1.54, 1.807) is 25.3 Å². The molecule has 0 bridgehead atoms. The van der Waals surface area contributed by atoms with E-state index in [2.05, 4.69) is 17.2 Å². The zero-order valence-electron chi connectivity index (χ0n) is 12.4. The van der Waals surface area contributed by atoms with Crippen molar-refractivity contribution < 1.29 is 9.84 Å². The quantitative estimate of drug-likeness (QED) is 0.590. The second-order valence-electron chi connectivity index (χ2n) is 5.57. The van der Waals surface area contributed by atoms with Crippen molar-refractivity contribution in [2.45, 2.75) is 31.8 Å². The van der Waals surface area contributed by atoms with E-state index < -0.39 is 5.60 Å². The van der Waals surface area contributed by atoms with Gasteiger partial charge >= 0.3 is 0 Å². The van der Waals surface area contributed by atoms with Crippen LogP contribution in [0.2, 0.25) is 5.02 Å². The molecule has 2 rings (SSSR count). The van der Waals surface area contributed by atoms with Crippen LogP contribution in [-0.2, 0) is 0 Å². The maximum atomic E-state index is 10.5. The number of nitrogens with one attached hydrogen (secondary N) is 1. The van der Waals surface area contributed by atoms with E-state index >= 15 is 0 Å². The molecule has 1 aliphatic carbocycles. The number of anilines is 1. The number of guanidine groups is 1. The summed E-state index contributed by atoms with van der Waals surface area (Å²) in [4.78, 5) is 4.25. The van der Waals surface area contributed by atoms with Gasteiger partial charge in [0, 0.05) is 5.69 Å². The molecule has 1 aromatic rings. The fourth-order valence-corrected chi connectivity index (χ4v) is 2.88. The lowest BCUT2D eigenvalue weighted by atomic mass is 9.93. The van der Waals surface area contributed by atoms with E-state index in [-0.39, 0.29) is 11.9 Å². The molecule has 4 N–H and O–H groups in total. The molecule has 0 aliphatic heterocycles. The van der Waals surface area contributed by atoms with Gasteiger partial charge in [-0.15, -0.1) is 0 Å². The van der Waals surface area contributed by atoms with E-state index in [9.17, 15) is 5.11 Å². The SMILES string of the molecule is COc1ccc(NC(N)=NCC2(O)CCCC2C)cc1Cl. The van der Waals surface area contributed by atoms with E-state index in [1.165, 1.54) is 0 Å². The van der Waals surface area contributed by atoms with Crippen LogP contribution in [0.3, 0.4) is 0 Å². The molecule has 6 heteroatoms. The van der Waals surface area contributed by atoms with Crippen molar-refractivity contribution in [2.24, 2.45) is 16.6 Å². The molecule has 0 aromatic heterocycles. The number of ether oxygens (including phenoxy) is 1.